The highest BCUT2D eigenvalue weighted by atomic mass is 16.6. The number of imide groups is 1. The van der Waals surface area contributed by atoms with Gasteiger partial charge in [-0.25, -0.2) is 4.79 Å². The first-order valence-corrected chi connectivity index (χ1v) is 11.2. The molecule has 2 aliphatic heterocycles. The summed E-state index contributed by atoms with van der Waals surface area (Å²) in [4.78, 5) is 39.5. The fourth-order valence-electron chi connectivity index (χ4n) is 4.74. The van der Waals surface area contributed by atoms with Gasteiger partial charge in [-0.1, -0.05) is 45.6 Å². The molecule has 1 aromatic carbocycles. The second-order valence-electron chi connectivity index (χ2n) is 9.01. The summed E-state index contributed by atoms with van der Waals surface area (Å²) in [6.07, 6.45) is 5.23. The van der Waals surface area contributed by atoms with Gasteiger partial charge in [0.05, 0.1) is 6.04 Å². The van der Waals surface area contributed by atoms with Crippen LogP contribution in [0.5, 0.6) is 11.5 Å². The number of amides is 4. The average Bonchev–Trinajstić information content (AvgIpc) is 2.92. The van der Waals surface area contributed by atoms with Gasteiger partial charge in [0.2, 0.25) is 5.91 Å². The number of rotatable bonds is 5. The summed E-state index contributed by atoms with van der Waals surface area (Å²) in [6.45, 7) is 4.75. The predicted molar refractivity (Wildman–Crippen MR) is 114 cm³/mol. The molecule has 2 heterocycles. The van der Waals surface area contributed by atoms with Gasteiger partial charge in [-0.15, -0.1) is 0 Å². The number of hydrogen-bond donors (Lipinski definition) is 2. The van der Waals surface area contributed by atoms with Crippen molar-refractivity contribution in [3.8, 4) is 11.5 Å². The molecule has 2 fully saturated rings. The Morgan fingerprint density at radius 2 is 1.77 bits per heavy atom. The van der Waals surface area contributed by atoms with Crippen LogP contribution in [0.4, 0.5) is 4.79 Å². The van der Waals surface area contributed by atoms with E-state index in [1.165, 1.54) is 0 Å². The number of nitrogens with one attached hydrogen (secondary N) is 2. The van der Waals surface area contributed by atoms with E-state index in [1.807, 2.05) is 32.0 Å². The summed E-state index contributed by atoms with van der Waals surface area (Å²) in [5.74, 6) is 0.825. The largest absolute Gasteiger partial charge is 0.486 e. The number of carbonyl (C=O) groups excluding carboxylic acids is 3. The first-order chi connectivity index (χ1) is 14.9. The molecule has 3 aliphatic rings. The molecule has 1 spiro atoms. The van der Waals surface area contributed by atoms with E-state index < -0.39 is 11.6 Å². The lowest BCUT2D eigenvalue weighted by molar-refractivity contribution is -0.135. The molecule has 31 heavy (non-hydrogen) atoms. The van der Waals surface area contributed by atoms with Crippen molar-refractivity contribution in [3.63, 3.8) is 0 Å². The molecule has 2 N–H and O–H groups in total. The monoisotopic (exact) mass is 429 g/mol. The van der Waals surface area contributed by atoms with Crippen LogP contribution < -0.4 is 20.1 Å². The lowest BCUT2D eigenvalue weighted by atomic mass is 9.90. The smallest absolute Gasteiger partial charge is 0.325 e. The maximum Gasteiger partial charge on any atom is 0.325 e. The Kier molecular flexibility index (Phi) is 6.07. The molecule has 1 atom stereocenters. The summed E-state index contributed by atoms with van der Waals surface area (Å²) in [6, 6.07) is 4.89. The number of benzene rings is 1. The molecule has 8 nitrogen and oxygen atoms in total. The predicted octanol–water partition coefficient (Wildman–Crippen LogP) is 2.92. The molecule has 0 radical (unpaired) electrons. The van der Waals surface area contributed by atoms with E-state index in [0.717, 1.165) is 36.1 Å². The Morgan fingerprint density at radius 3 is 2.45 bits per heavy atom. The number of hydrogen-bond acceptors (Lipinski definition) is 5. The van der Waals surface area contributed by atoms with Crippen LogP contribution in [-0.4, -0.2) is 48.0 Å². The van der Waals surface area contributed by atoms with Gasteiger partial charge in [0.1, 0.15) is 25.3 Å². The van der Waals surface area contributed by atoms with Gasteiger partial charge < -0.3 is 20.1 Å². The standard InChI is InChI=1S/C23H31N3O5/c1-15(2)20(16-7-8-17-18(13-16)31-12-11-30-17)24-19(27)14-26-21(28)23(25-22(26)29)9-5-3-4-6-10-23/h7-8,13,15,20H,3-6,9-12,14H2,1-2H3,(H,24,27)(H,25,29)/t20-/m0/s1. The molecule has 0 unspecified atom stereocenters. The van der Waals surface area contributed by atoms with E-state index in [4.69, 9.17) is 9.47 Å². The second-order valence-corrected chi connectivity index (χ2v) is 9.01. The van der Waals surface area contributed by atoms with Crippen LogP contribution in [0.1, 0.15) is 64.0 Å². The van der Waals surface area contributed by atoms with Gasteiger partial charge in [0.25, 0.3) is 5.91 Å². The average molecular weight is 430 g/mol. The minimum absolute atomic E-state index is 0.0998. The van der Waals surface area contributed by atoms with Crippen LogP contribution >= 0.6 is 0 Å². The molecule has 0 aromatic heterocycles. The topological polar surface area (TPSA) is 97.0 Å². The minimum atomic E-state index is -0.832. The van der Waals surface area contributed by atoms with Crippen molar-refractivity contribution in [3.05, 3.63) is 23.8 Å². The Labute approximate surface area is 182 Å². The van der Waals surface area contributed by atoms with Crippen molar-refractivity contribution in [2.24, 2.45) is 5.92 Å². The van der Waals surface area contributed by atoms with E-state index in [9.17, 15) is 14.4 Å². The van der Waals surface area contributed by atoms with Crippen LogP contribution in [0.25, 0.3) is 0 Å². The number of carbonyl (C=O) groups is 3. The van der Waals surface area contributed by atoms with Crippen LogP contribution in [0, 0.1) is 5.92 Å². The van der Waals surface area contributed by atoms with Gasteiger partial charge in [-0.3, -0.25) is 14.5 Å². The molecular weight excluding hydrogens is 398 g/mol. The second kappa shape index (κ2) is 8.77. The zero-order chi connectivity index (χ0) is 22.0. The summed E-state index contributed by atoms with van der Waals surface area (Å²) in [5, 5.41) is 5.89. The molecular formula is C23H31N3O5. The molecule has 1 aromatic rings. The minimum Gasteiger partial charge on any atom is -0.486 e. The number of nitrogens with zero attached hydrogens (tertiary/aromatic N) is 1. The first-order valence-electron chi connectivity index (χ1n) is 11.2. The Balaban J connectivity index is 1.45. The van der Waals surface area contributed by atoms with Gasteiger partial charge in [-0.2, -0.15) is 0 Å². The lowest BCUT2D eigenvalue weighted by Crippen LogP contribution is -2.47. The van der Waals surface area contributed by atoms with E-state index in [-0.39, 0.29) is 30.3 Å². The van der Waals surface area contributed by atoms with E-state index >= 15 is 0 Å². The lowest BCUT2D eigenvalue weighted by Gasteiger charge is -2.27. The third kappa shape index (κ3) is 4.34. The zero-order valence-corrected chi connectivity index (χ0v) is 18.2. The Morgan fingerprint density at radius 1 is 1.10 bits per heavy atom. The van der Waals surface area contributed by atoms with Crippen LogP contribution in [0.3, 0.4) is 0 Å². The highest BCUT2D eigenvalue weighted by Gasteiger charge is 2.51. The van der Waals surface area contributed by atoms with Crippen molar-refractivity contribution in [2.45, 2.75) is 64.0 Å². The van der Waals surface area contributed by atoms with E-state index in [1.54, 1.807) is 0 Å². The quantitative estimate of drug-likeness (QED) is 0.702. The normalized spacial score (nSPS) is 21.1. The van der Waals surface area contributed by atoms with Gasteiger partial charge >= 0.3 is 6.03 Å². The van der Waals surface area contributed by atoms with Crippen molar-refractivity contribution in [1.82, 2.24) is 15.5 Å². The highest BCUT2D eigenvalue weighted by molar-refractivity contribution is 6.09. The maximum absolute atomic E-state index is 13.1. The van der Waals surface area contributed by atoms with Crippen molar-refractivity contribution in [1.29, 1.82) is 0 Å². The van der Waals surface area contributed by atoms with Crippen molar-refractivity contribution < 1.29 is 23.9 Å². The molecule has 1 saturated heterocycles. The molecule has 8 heteroatoms. The maximum atomic E-state index is 13.1. The zero-order valence-electron chi connectivity index (χ0n) is 18.2. The van der Waals surface area contributed by atoms with E-state index in [2.05, 4.69) is 10.6 Å². The fourth-order valence-corrected chi connectivity index (χ4v) is 4.74. The molecule has 4 amide bonds. The van der Waals surface area contributed by atoms with Crippen LogP contribution in [0.2, 0.25) is 0 Å². The van der Waals surface area contributed by atoms with Gasteiger partial charge in [-0.05, 0) is 36.5 Å². The third-order valence-corrected chi connectivity index (χ3v) is 6.41. The summed E-state index contributed by atoms with van der Waals surface area (Å²) in [7, 11) is 0. The molecule has 168 valence electrons. The molecule has 4 rings (SSSR count). The summed E-state index contributed by atoms with van der Waals surface area (Å²) < 4.78 is 11.2. The van der Waals surface area contributed by atoms with Crippen molar-refractivity contribution >= 4 is 17.8 Å². The van der Waals surface area contributed by atoms with E-state index in [0.29, 0.717) is 37.6 Å². The molecule has 1 saturated carbocycles. The van der Waals surface area contributed by atoms with Gasteiger partial charge in [0, 0.05) is 0 Å². The van der Waals surface area contributed by atoms with Crippen LogP contribution in [-0.2, 0) is 9.59 Å². The first kappa shape index (κ1) is 21.5. The van der Waals surface area contributed by atoms with Gasteiger partial charge in [0.15, 0.2) is 11.5 Å². The number of urea groups is 1. The third-order valence-electron chi connectivity index (χ3n) is 6.41. The summed E-state index contributed by atoms with van der Waals surface area (Å²) >= 11 is 0. The fraction of sp³-hybridized carbons (Fsp3) is 0.609. The summed E-state index contributed by atoms with van der Waals surface area (Å²) in [5.41, 5.74) is 0.0614. The molecule has 0 bridgehead atoms. The molecule has 1 aliphatic carbocycles. The number of ether oxygens (including phenoxy) is 2. The SMILES string of the molecule is CC(C)[C@H](NC(=O)CN1C(=O)NC2(CCCCCC2)C1=O)c1ccc2c(c1)OCCO2. The van der Waals surface area contributed by atoms with Crippen molar-refractivity contribution in [2.75, 3.05) is 19.8 Å². The number of fused-ring (bicyclic) bond motifs is 1. The van der Waals surface area contributed by atoms with Crippen LogP contribution in [0.15, 0.2) is 18.2 Å². The highest BCUT2D eigenvalue weighted by Crippen LogP contribution is 2.35. The Hall–Kier alpha value is -2.77. The Bertz CT molecular complexity index is 861.